The van der Waals surface area contributed by atoms with Gasteiger partial charge in [-0.25, -0.2) is 0 Å². The molecule has 5 N–H and O–H groups in total. The van der Waals surface area contributed by atoms with Crippen molar-refractivity contribution in [3.05, 3.63) is 60.2 Å². The molecular formula is C24H31N3O4. The van der Waals surface area contributed by atoms with E-state index in [1.807, 2.05) is 44.2 Å². The maximum Gasteiger partial charge on any atom is 0.217 e. The highest BCUT2D eigenvalue weighted by molar-refractivity contribution is 5.98. The SMILES string of the molecule is CC(=O)N[C@@H](CC(C)C)C(=O)C(N)(N)CCC(=O)c1ccc(Oc2ccccc2)cc1. The molecule has 0 spiro atoms. The van der Waals surface area contributed by atoms with Crippen LogP contribution in [0.15, 0.2) is 54.6 Å². The largest absolute Gasteiger partial charge is 0.457 e. The summed E-state index contributed by atoms with van der Waals surface area (Å²) < 4.78 is 5.72. The van der Waals surface area contributed by atoms with Gasteiger partial charge in [0.2, 0.25) is 5.91 Å². The summed E-state index contributed by atoms with van der Waals surface area (Å²) in [6.07, 6.45) is 0.401. The molecule has 0 radical (unpaired) electrons. The van der Waals surface area contributed by atoms with E-state index in [4.69, 9.17) is 16.2 Å². The van der Waals surface area contributed by atoms with Gasteiger partial charge in [0, 0.05) is 18.9 Å². The Hall–Kier alpha value is -3.03. The van der Waals surface area contributed by atoms with Crippen LogP contribution in [-0.4, -0.2) is 29.2 Å². The topological polar surface area (TPSA) is 125 Å². The molecule has 166 valence electrons. The number of hydrogen-bond acceptors (Lipinski definition) is 6. The summed E-state index contributed by atoms with van der Waals surface area (Å²) in [4.78, 5) is 36.8. The monoisotopic (exact) mass is 425 g/mol. The number of nitrogens with one attached hydrogen (secondary N) is 1. The third-order valence-electron chi connectivity index (χ3n) is 4.78. The first-order valence-corrected chi connectivity index (χ1v) is 10.3. The predicted molar refractivity (Wildman–Crippen MR) is 120 cm³/mol. The van der Waals surface area contributed by atoms with Crippen molar-refractivity contribution in [1.29, 1.82) is 0 Å². The van der Waals surface area contributed by atoms with Gasteiger partial charge in [-0.2, -0.15) is 0 Å². The average molecular weight is 426 g/mol. The molecule has 0 bridgehead atoms. The third-order valence-corrected chi connectivity index (χ3v) is 4.78. The summed E-state index contributed by atoms with van der Waals surface area (Å²) in [6, 6.07) is 15.3. The van der Waals surface area contributed by atoms with Crippen LogP contribution in [0.5, 0.6) is 11.5 Å². The number of para-hydroxylation sites is 1. The lowest BCUT2D eigenvalue weighted by Gasteiger charge is -2.29. The summed E-state index contributed by atoms with van der Waals surface area (Å²) in [5.41, 5.74) is 10.9. The molecule has 0 fully saturated rings. The molecule has 2 aromatic rings. The van der Waals surface area contributed by atoms with Crippen LogP contribution >= 0.6 is 0 Å². The van der Waals surface area contributed by atoms with Crippen molar-refractivity contribution in [2.45, 2.75) is 51.7 Å². The number of ketones is 2. The lowest BCUT2D eigenvalue weighted by Crippen LogP contribution is -2.63. The fourth-order valence-electron chi connectivity index (χ4n) is 3.19. The molecule has 1 atom stereocenters. The van der Waals surface area contributed by atoms with Crippen molar-refractivity contribution in [2.24, 2.45) is 17.4 Å². The van der Waals surface area contributed by atoms with Crippen molar-refractivity contribution in [3.8, 4) is 11.5 Å². The van der Waals surface area contributed by atoms with Crippen LogP contribution in [0.25, 0.3) is 0 Å². The number of carbonyl (C=O) groups is 3. The van der Waals surface area contributed by atoms with Crippen LogP contribution in [0, 0.1) is 5.92 Å². The van der Waals surface area contributed by atoms with Gasteiger partial charge >= 0.3 is 0 Å². The van der Waals surface area contributed by atoms with Crippen LogP contribution < -0.4 is 21.5 Å². The predicted octanol–water partition coefficient (Wildman–Crippen LogP) is 3.18. The Bertz CT molecular complexity index is 893. The third kappa shape index (κ3) is 7.62. The van der Waals surface area contributed by atoms with E-state index in [-0.39, 0.29) is 30.4 Å². The fourth-order valence-corrected chi connectivity index (χ4v) is 3.19. The first-order chi connectivity index (χ1) is 14.6. The minimum atomic E-state index is -1.71. The van der Waals surface area contributed by atoms with E-state index in [1.54, 1.807) is 24.3 Å². The van der Waals surface area contributed by atoms with E-state index in [0.29, 0.717) is 23.5 Å². The Morgan fingerprint density at radius 1 is 0.968 bits per heavy atom. The van der Waals surface area contributed by atoms with Gasteiger partial charge in [0.25, 0.3) is 0 Å². The highest BCUT2D eigenvalue weighted by atomic mass is 16.5. The highest BCUT2D eigenvalue weighted by Gasteiger charge is 2.36. The smallest absolute Gasteiger partial charge is 0.217 e. The highest BCUT2D eigenvalue weighted by Crippen LogP contribution is 2.22. The quantitative estimate of drug-likeness (QED) is 0.375. The molecular weight excluding hydrogens is 394 g/mol. The Balaban J connectivity index is 1.97. The van der Waals surface area contributed by atoms with Gasteiger partial charge in [-0.05, 0) is 55.2 Å². The molecule has 1 amide bonds. The zero-order chi connectivity index (χ0) is 23.0. The van der Waals surface area contributed by atoms with E-state index in [0.717, 1.165) is 0 Å². The lowest BCUT2D eigenvalue weighted by atomic mass is 9.89. The summed E-state index contributed by atoms with van der Waals surface area (Å²) in [5.74, 6) is 0.483. The maximum absolute atomic E-state index is 12.8. The van der Waals surface area contributed by atoms with Gasteiger partial charge in [0.15, 0.2) is 11.6 Å². The minimum absolute atomic E-state index is 0.00605. The van der Waals surface area contributed by atoms with Crippen molar-refractivity contribution < 1.29 is 19.1 Å². The molecule has 0 aliphatic carbocycles. The van der Waals surface area contributed by atoms with Crippen molar-refractivity contribution in [3.63, 3.8) is 0 Å². The van der Waals surface area contributed by atoms with Gasteiger partial charge in [-0.1, -0.05) is 32.0 Å². The van der Waals surface area contributed by atoms with Gasteiger partial charge in [0.05, 0.1) is 6.04 Å². The zero-order valence-electron chi connectivity index (χ0n) is 18.3. The van der Waals surface area contributed by atoms with E-state index in [1.165, 1.54) is 6.92 Å². The lowest BCUT2D eigenvalue weighted by molar-refractivity contribution is -0.130. The molecule has 0 aliphatic heterocycles. The average Bonchev–Trinajstić information content (AvgIpc) is 2.71. The standard InChI is InChI=1S/C24H31N3O4/c1-16(2)15-21(27-17(3)28)23(30)24(25,26)14-13-22(29)18-9-11-20(12-10-18)31-19-7-5-4-6-8-19/h4-12,16,21H,13-15,25-26H2,1-3H3,(H,27,28)/t21-/m0/s1. The Morgan fingerprint density at radius 3 is 2.10 bits per heavy atom. The first kappa shape index (κ1) is 24.2. The molecule has 7 nitrogen and oxygen atoms in total. The van der Waals surface area contributed by atoms with Crippen LogP contribution in [0.2, 0.25) is 0 Å². The molecule has 31 heavy (non-hydrogen) atoms. The molecule has 0 aromatic heterocycles. The van der Waals surface area contributed by atoms with E-state index >= 15 is 0 Å². The summed E-state index contributed by atoms with van der Waals surface area (Å²) in [7, 11) is 0. The molecule has 0 aliphatic rings. The van der Waals surface area contributed by atoms with Crippen LogP contribution in [-0.2, 0) is 9.59 Å². The molecule has 2 rings (SSSR count). The maximum atomic E-state index is 12.8. The minimum Gasteiger partial charge on any atom is -0.457 e. The van der Waals surface area contributed by atoms with Crippen molar-refractivity contribution >= 4 is 17.5 Å². The number of amides is 1. The first-order valence-electron chi connectivity index (χ1n) is 10.3. The fraction of sp³-hybridized carbons (Fsp3) is 0.375. The second-order valence-corrected chi connectivity index (χ2v) is 8.15. The second-order valence-electron chi connectivity index (χ2n) is 8.15. The van der Waals surface area contributed by atoms with Crippen molar-refractivity contribution in [2.75, 3.05) is 0 Å². The van der Waals surface area contributed by atoms with Crippen molar-refractivity contribution in [1.82, 2.24) is 5.32 Å². The number of ether oxygens (including phenoxy) is 1. The Morgan fingerprint density at radius 2 is 1.55 bits per heavy atom. The van der Waals surface area contributed by atoms with E-state index in [2.05, 4.69) is 5.32 Å². The summed E-state index contributed by atoms with van der Waals surface area (Å²) in [6.45, 7) is 5.21. The molecule has 0 saturated carbocycles. The number of nitrogens with two attached hydrogens (primary N) is 2. The molecule has 0 unspecified atom stereocenters. The van der Waals surface area contributed by atoms with Gasteiger partial charge in [-0.15, -0.1) is 0 Å². The normalized spacial score (nSPS) is 12.3. The number of Topliss-reactive ketones (excluding diaryl/α,β-unsaturated/α-hetero) is 2. The Labute approximate surface area is 183 Å². The second kappa shape index (κ2) is 10.8. The number of rotatable bonds is 11. The molecule has 2 aromatic carbocycles. The Kier molecular flexibility index (Phi) is 8.47. The molecule has 0 saturated heterocycles. The van der Waals surface area contributed by atoms with E-state index < -0.39 is 17.5 Å². The zero-order valence-corrected chi connectivity index (χ0v) is 18.3. The van der Waals surface area contributed by atoms with Gasteiger partial charge in [0.1, 0.15) is 17.2 Å². The number of carbonyl (C=O) groups excluding carboxylic acids is 3. The van der Waals surface area contributed by atoms with Crippen LogP contribution in [0.3, 0.4) is 0 Å². The number of hydrogen-bond donors (Lipinski definition) is 3. The number of benzene rings is 2. The summed E-state index contributed by atoms with van der Waals surface area (Å²) >= 11 is 0. The van der Waals surface area contributed by atoms with E-state index in [9.17, 15) is 14.4 Å². The summed E-state index contributed by atoms with van der Waals surface area (Å²) in [5, 5.41) is 2.62. The van der Waals surface area contributed by atoms with Gasteiger partial charge < -0.3 is 21.5 Å². The molecule has 0 heterocycles. The van der Waals surface area contributed by atoms with Crippen LogP contribution in [0.1, 0.15) is 50.4 Å². The molecule has 7 heteroatoms. The van der Waals surface area contributed by atoms with Crippen LogP contribution in [0.4, 0.5) is 0 Å². The van der Waals surface area contributed by atoms with Gasteiger partial charge in [-0.3, -0.25) is 14.4 Å².